The van der Waals surface area contributed by atoms with Gasteiger partial charge in [0.05, 0.1) is 12.5 Å². The van der Waals surface area contributed by atoms with Gasteiger partial charge in [0.25, 0.3) is 0 Å². The molecule has 2 N–H and O–H groups in total. The van der Waals surface area contributed by atoms with Crippen molar-refractivity contribution in [3.05, 3.63) is 48.4 Å². The molecule has 1 saturated heterocycles. The van der Waals surface area contributed by atoms with Crippen LogP contribution in [0.1, 0.15) is 32.3 Å². The molecule has 6 nitrogen and oxygen atoms in total. The fraction of sp³-hybridized carbons (Fsp3) is 0.455. The molecule has 0 saturated carbocycles. The third kappa shape index (κ3) is 3.63. The van der Waals surface area contributed by atoms with E-state index in [0.717, 1.165) is 55.7 Å². The first-order valence-corrected chi connectivity index (χ1v) is 9.93. The minimum atomic E-state index is -0.357. The van der Waals surface area contributed by atoms with E-state index in [1.54, 1.807) is 19.5 Å². The summed E-state index contributed by atoms with van der Waals surface area (Å²) in [6.07, 6.45) is 5.49. The summed E-state index contributed by atoms with van der Waals surface area (Å²) in [5.41, 5.74) is 9.30. The molecule has 28 heavy (non-hydrogen) atoms. The molecule has 2 aromatic rings. The van der Waals surface area contributed by atoms with Crippen LogP contribution >= 0.6 is 0 Å². The minimum Gasteiger partial charge on any atom is -0.472 e. The SMILES string of the molecule is CC(=O)N1CCC(CN2CC(C)(c3cccc(-c4ccoc4)c3)N=C2N)CC1. The predicted molar refractivity (Wildman–Crippen MR) is 110 cm³/mol. The zero-order chi connectivity index (χ0) is 19.7. The van der Waals surface area contributed by atoms with Crippen molar-refractivity contribution in [3.63, 3.8) is 0 Å². The number of benzene rings is 1. The number of hydrogen-bond acceptors (Lipinski definition) is 5. The first kappa shape index (κ1) is 18.6. The van der Waals surface area contributed by atoms with E-state index in [9.17, 15) is 4.79 Å². The number of carbonyl (C=O) groups is 1. The van der Waals surface area contributed by atoms with Crippen molar-refractivity contribution < 1.29 is 9.21 Å². The fourth-order valence-corrected chi connectivity index (χ4v) is 4.33. The lowest BCUT2D eigenvalue weighted by Crippen LogP contribution is -2.44. The first-order valence-electron chi connectivity index (χ1n) is 9.93. The van der Waals surface area contributed by atoms with E-state index in [-0.39, 0.29) is 11.4 Å². The summed E-state index contributed by atoms with van der Waals surface area (Å²) >= 11 is 0. The van der Waals surface area contributed by atoms with Gasteiger partial charge in [0.15, 0.2) is 5.96 Å². The van der Waals surface area contributed by atoms with Gasteiger partial charge in [-0.1, -0.05) is 18.2 Å². The minimum absolute atomic E-state index is 0.172. The zero-order valence-corrected chi connectivity index (χ0v) is 16.6. The van der Waals surface area contributed by atoms with Crippen molar-refractivity contribution in [1.82, 2.24) is 9.80 Å². The molecule has 3 heterocycles. The highest BCUT2D eigenvalue weighted by atomic mass is 16.3. The van der Waals surface area contributed by atoms with Crippen molar-refractivity contribution in [2.45, 2.75) is 32.2 Å². The number of hydrogen-bond donors (Lipinski definition) is 1. The molecule has 1 fully saturated rings. The van der Waals surface area contributed by atoms with Gasteiger partial charge in [-0.05, 0) is 48.9 Å². The molecule has 0 spiro atoms. The molecule has 1 aromatic carbocycles. The molecule has 0 radical (unpaired) electrons. The highest BCUT2D eigenvalue weighted by molar-refractivity contribution is 5.81. The number of amides is 1. The lowest BCUT2D eigenvalue weighted by molar-refractivity contribution is -0.130. The Labute approximate surface area is 166 Å². The first-order chi connectivity index (χ1) is 13.4. The quantitative estimate of drug-likeness (QED) is 0.885. The Hall–Kier alpha value is -2.76. The molecular formula is C22H28N4O2. The molecule has 2 aliphatic heterocycles. The van der Waals surface area contributed by atoms with Crippen molar-refractivity contribution >= 4 is 11.9 Å². The van der Waals surface area contributed by atoms with Gasteiger partial charge in [-0.15, -0.1) is 0 Å². The third-order valence-electron chi connectivity index (χ3n) is 6.06. The molecule has 1 atom stereocenters. The van der Waals surface area contributed by atoms with Crippen LogP contribution in [0.15, 0.2) is 52.3 Å². The maximum atomic E-state index is 11.5. The number of guanidine groups is 1. The van der Waals surface area contributed by atoms with Gasteiger partial charge >= 0.3 is 0 Å². The van der Waals surface area contributed by atoms with E-state index in [1.807, 2.05) is 11.0 Å². The van der Waals surface area contributed by atoms with Gasteiger partial charge in [0.2, 0.25) is 5.91 Å². The lowest BCUT2D eigenvalue weighted by Gasteiger charge is -2.34. The van der Waals surface area contributed by atoms with Crippen LogP contribution < -0.4 is 5.73 Å². The standard InChI is InChI=1S/C22H28N4O2/c1-16(27)25-9-6-17(7-10-25)13-26-15-22(2,24-21(26)23)20-5-3-4-18(12-20)19-8-11-28-14-19/h3-5,8,11-12,14,17H,6-7,9-10,13,15H2,1-2H3,(H2,23,24). The van der Waals surface area contributed by atoms with Crippen LogP contribution in [0.3, 0.4) is 0 Å². The number of nitrogens with zero attached hydrogens (tertiary/aromatic N) is 3. The van der Waals surface area contributed by atoms with Crippen LogP contribution in [-0.2, 0) is 10.3 Å². The largest absolute Gasteiger partial charge is 0.472 e. The van der Waals surface area contributed by atoms with Crippen LogP contribution in [0.5, 0.6) is 0 Å². The van der Waals surface area contributed by atoms with E-state index >= 15 is 0 Å². The van der Waals surface area contributed by atoms with Crippen LogP contribution in [0.2, 0.25) is 0 Å². The Morgan fingerprint density at radius 3 is 2.75 bits per heavy atom. The average molecular weight is 380 g/mol. The van der Waals surface area contributed by atoms with Gasteiger partial charge in [0, 0.05) is 38.7 Å². The molecule has 1 aromatic heterocycles. The molecule has 1 amide bonds. The summed E-state index contributed by atoms with van der Waals surface area (Å²) in [4.78, 5) is 20.5. The second-order valence-electron chi connectivity index (χ2n) is 8.17. The summed E-state index contributed by atoms with van der Waals surface area (Å²) in [5, 5.41) is 0. The van der Waals surface area contributed by atoms with E-state index in [4.69, 9.17) is 15.1 Å². The Balaban J connectivity index is 1.45. The van der Waals surface area contributed by atoms with E-state index in [2.05, 4.69) is 36.1 Å². The fourth-order valence-electron chi connectivity index (χ4n) is 4.33. The highest BCUT2D eigenvalue weighted by Gasteiger charge is 2.37. The smallest absolute Gasteiger partial charge is 0.219 e. The number of piperidine rings is 1. The van der Waals surface area contributed by atoms with Gasteiger partial charge < -0.3 is 20.0 Å². The second kappa shape index (κ2) is 7.34. The molecule has 4 rings (SSSR count). The summed E-state index contributed by atoms with van der Waals surface area (Å²) in [7, 11) is 0. The number of carbonyl (C=O) groups excluding carboxylic acids is 1. The molecular weight excluding hydrogens is 352 g/mol. The Kier molecular flexibility index (Phi) is 4.87. The normalized spacial score (nSPS) is 23.1. The Morgan fingerprint density at radius 1 is 1.29 bits per heavy atom. The number of nitrogens with two attached hydrogens (primary N) is 1. The summed E-state index contributed by atoms with van der Waals surface area (Å²) < 4.78 is 5.22. The monoisotopic (exact) mass is 380 g/mol. The van der Waals surface area contributed by atoms with Crippen molar-refractivity contribution in [3.8, 4) is 11.1 Å². The summed E-state index contributed by atoms with van der Waals surface area (Å²) in [5.74, 6) is 1.33. The Morgan fingerprint density at radius 2 is 2.07 bits per heavy atom. The van der Waals surface area contributed by atoms with E-state index in [0.29, 0.717) is 11.9 Å². The van der Waals surface area contributed by atoms with Gasteiger partial charge in [-0.2, -0.15) is 0 Å². The lowest BCUT2D eigenvalue weighted by atomic mass is 9.90. The topological polar surface area (TPSA) is 75.1 Å². The van der Waals surface area contributed by atoms with Crippen molar-refractivity contribution in [2.24, 2.45) is 16.6 Å². The van der Waals surface area contributed by atoms with Gasteiger partial charge in [-0.25, -0.2) is 4.99 Å². The maximum absolute atomic E-state index is 11.5. The third-order valence-corrected chi connectivity index (χ3v) is 6.06. The van der Waals surface area contributed by atoms with Crippen molar-refractivity contribution in [1.29, 1.82) is 0 Å². The molecule has 0 aliphatic carbocycles. The Bertz CT molecular complexity index is 868. The molecule has 2 aliphatic rings. The van der Waals surface area contributed by atoms with Crippen LogP contribution in [-0.4, -0.2) is 47.8 Å². The molecule has 148 valence electrons. The second-order valence-corrected chi connectivity index (χ2v) is 8.17. The van der Waals surface area contributed by atoms with Crippen LogP contribution in [0.25, 0.3) is 11.1 Å². The van der Waals surface area contributed by atoms with Crippen molar-refractivity contribution in [2.75, 3.05) is 26.2 Å². The molecule has 0 bridgehead atoms. The zero-order valence-electron chi connectivity index (χ0n) is 16.6. The van der Waals surface area contributed by atoms with E-state index in [1.165, 1.54) is 0 Å². The molecule has 1 unspecified atom stereocenters. The number of furan rings is 1. The number of aliphatic imine (C=N–C) groups is 1. The molecule has 6 heteroatoms. The number of rotatable bonds is 4. The van der Waals surface area contributed by atoms with Gasteiger partial charge in [-0.3, -0.25) is 4.79 Å². The average Bonchev–Trinajstić information content (AvgIpc) is 3.31. The highest BCUT2D eigenvalue weighted by Crippen LogP contribution is 2.34. The van der Waals surface area contributed by atoms with Gasteiger partial charge in [0.1, 0.15) is 5.54 Å². The predicted octanol–water partition coefficient (Wildman–Crippen LogP) is 3.05. The summed E-state index contributed by atoms with van der Waals surface area (Å²) in [6, 6.07) is 10.4. The van der Waals surface area contributed by atoms with Crippen LogP contribution in [0.4, 0.5) is 0 Å². The maximum Gasteiger partial charge on any atom is 0.219 e. The summed E-state index contributed by atoms with van der Waals surface area (Å²) in [6.45, 7) is 7.16. The number of likely N-dealkylation sites (tertiary alicyclic amines) is 1. The van der Waals surface area contributed by atoms with Crippen LogP contribution in [0, 0.1) is 5.92 Å². The van der Waals surface area contributed by atoms with E-state index < -0.39 is 0 Å².